The maximum Gasteiger partial charge on any atom is 0.104 e. The maximum absolute atomic E-state index is 13.8. The van der Waals surface area contributed by atoms with Gasteiger partial charge in [-0.3, -0.25) is 0 Å². The zero-order valence-electron chi connectivity index (χ0n) is 12.7. The molecule has 0 aliphatic rings. The molecule has 2 atom stereocenters. The van der Waals surface area contributed by atoms with Crippen molar-refractivity contribution in [1.82, 2.24) is 0 Å². The summed E-state index contributed by atoms with van der Waals surface area (Å²) in [5, 5.41) is 0. The molecule has 0 N–H and O–H groups in total. The van der Waals surface area contributed by atoms with Crippen LogP contribution >= 0.6 is 0 Å². The zero-order valence-corrected chi connectivity index (χ0v) is 12.7. The highest BCUT2D eigenvalue weighted by atomic mass is 19.1. The summed E-state index contributed by atoms with van der Waals surface area (Å²) >= 11 is 0. The quantitative estimate of drug-likeness (QED) is 0.489. The average molecular weight is 263 g/mol. The van der Waals surface area contributed by atoms with E-state index in [1.54, 1.807) is 0 Å². The Labute approximate surface area is 118 Å². The summed E-state index contributed by atoms with van der Waals surface area (Å²) < 4.78 is 13.8. The zero-order chi connectivity index (χ0) is 14.1. The molecule has 0 aromatic heterocycles. The van der Waals surface area contributed by atoms with Gasteiger partial charge in [-0.05, 0) is 42.7 Å². The molecule has 0 amide bonds. The molecule has 1 heteroatoms. The minimum absolute atomic E-state index is 0.295. The van der Waals surface area contributed by atoms with Crippen LogP contribution in [-0.2, 0) is 6.42 Å². The van der Waals surface area contributed by atoms with E-state index in [0.717, 1.165) is 25.7 Å². The fourth-order valence-electron chi connectivity index (χ4n) is 2.37. The van der Waals surface area contributed by atoms with Gasteiger partial charge in [0.2, 0.25) is 0 Å². The molecule has 0 saturated carbocycles. The van der Waals surface area contributed by atoms with Gasteiger partial charge in [0.25, 0.3) is 0 Å². The number of rotatable bonds is 9. The Morgan fingerprint density at radius 3 is 2.37 bits per heavy atom. The largest absolute Gasteiger partial charge is 0.247 e. The van der Waals surface area contributed by atoms with Crippen molar-refractivity contribution in [3.8, 4) is 0 Å². The second-order valence-corrected chi connectivity index (χ2v) is 5.52. The smallest absolute Gasteiger partial charge is 0.104 e. The number of halogens is 1. The topological polar surface area (TPSA) is 0 Å². The predicted octanol–water partition coefficient (Wildman–Crippen LogP) is 5.87. The Morgan fingerprint density at radius 2 is 1.79 bits per heavy atom. The molecule has 0 spiro atoms. The van der Waals surface area contributed by atoms with E-state index in [4.69, 9.17) is 0 Å². The van der Waals surface area contributed by atoms with Gasteiger partial charge in [0, 0.05) is 0 Å². The molecule has 0 aliphatic heterocycles. The van der Waals surface area contributed by atoms with Gasteiger partial charge in [0.05, 0.1) is 0 Å². The van der Waals surface area contributed by atoms with E-state index in [0.29, 0.717) is 12.3 Å². The van der Waals surface area contributed by atoms with Crippen LogP contribution in [0.3, 0.4) is 0 Å². The summed E-state index contributed by atoms with van der Waals surface area (Å²) in [6.07, 6.45) is 7.12. The van der Waals surface area contributed by atoms with Crippen molar-refractivity contribution in [2.75, 3.05) is 0 Å². The van der Waals surface area contributed by atoms with E-state index < -0.39 is 6.17 Å². The molecule has 19 heavy (non-hydrogen) atoms. The van der Waals surface area contributed by atoms with E-state index in [2.05, 4.69) is 45.0 Å². The lowest BCUT2D eigenvalue weighted by Gasteiger charge is -2.15. The third kappa shape index (κ3) is 6.22. The SMILES string of the molecule is CCCC[CH]C(F)CC(C)c1ccc(CCC)cc1. The number of unbranched alkanes of at least 4 members (excludes halogenated alkanes) is 2. The third-order valence-corrected chi connectivity index (χ3v) is 3.65. The van der Waals surface area contributed by atoms with E-state index in [1.807, 2.05) is 6.42 Å². The van der Waals surface area contributed by atoms with Gasteiger partial charge in [-0.2, -0.15) is 0 Å². The third-order valence-electron chi connectivity index (χ3n) is 3.65. The summed E-state index contributed by atoms with van der Waals surface area (Å²) in [6.45, 7) is 6.45. The Kier molecular flexibility index (Phi) is 7.78. The number of benzene rings is 1. The molecule has 1 aromatic carbocycles. The molecule has 0 fully saturated rings. The molecule has 1 radical (unpaired) electrons. The van der Waals surface area contributed by atoms with Crippen molar-refractivity contribution < 1.29 is 4.39 Å². The fraction of sp³-hybridized carbons (Fsp3) is 0.611. The van der Waals surface area contributed by atoms with E-state index in [9.17, 15) is 4.39 Å². The first-order chi connectivity index (χ1) is 9.17. The summed E-state index contributed by atoms with van der Waals surface area (Å²) in [5.74, 6) is 0.295. The van der Waals surface area contributed by atoms with Crippen LogP contribution in [-0.4, -0.2) is 6.17 Å². The van der Waals surface area contributed by atoms with Gasteiger partial charge in [0.15, 0.2) is 0 Å². The van der Waals surface area contributed by atoms with Crippen molar-refractivity contribution in [3.63, 3.8) is 0 Å². The van der Waals surface area contributed by atoms with Crippen LogP contribution in [0, 0.1) is 6.42 Å². The molecule has 107 valence electrons. The summed E-state index contributed by atoms with van der Waals surface area (Å²) in [5.41, 5.74) is 2.64. The van der Waals surface area contributed by atoms with Crippen LogP contribution < -0.4 is 0 Å². The molecular weight excluding hydrogens is 235 g/mol. The van der Waals surface area contributed by atoms with Crippen molar-refractivity contribution >= 4 is 0 Å². The molecule has 2 unspecified atom stereocenters. The number of hydrogen-bond acceptors (Lipinski definition) is 0. The van der Waals surface area contributed by atoms with Crippen LogP contribution in [0.1, 0.15) is 69.9 Å². The van der Waals surface area contributed by atoms with E-state index >= 15 is 0 Å². The Balaban J connectivity index is 2.41. The lowest BCUT2D eigenvalue weighted by atomic mass is 9.92. The second-order valence-electron chi connectivity index (χ2n) is 5.52. The summed E-state index contributed by atoms with van der Waals surface area (Å²) in [4.78, 5) is 0. The van der Waals surface area contributed by atoms with Crippen molar-refractivity contribution in [3.05, 3.63) is 41.8 Å². The van der Waals surface area contributed by atoms with Gasteiger partial charge < -0.3 is 0 Å². The minimum atomic E-state index is -0.767. The average Bonchev–Trinajstić information content (AvgIpc) is 2.40. The number of hydrogen-bond donors (Lipinski definition) is 0. The van der Waals surface area contributed by atoms with E-state index in [1.165, 1.54) is 17.5 Å². The number of aryl methyl sites for hydroxylation is 1. The first kappa shape index (κ1) is 16.2. The van der Waals surface area contributed by atoms with E-state index in [-0.39, 0.29) is 0 Å². The van der Waals surface area contributed by atoms with Crippen LogP contribution in [0.4, 0.5) is 4.39 Å². The normalized spacial score (nSPS) is 14.3. The standard InChI is InChI=1S/C18H28F/c1-4-6-7-9-18(19)14-15(3)17-12-10-16(8-5-2)11-13-17/h9-13,15,18H,4-8,14H2,1-3H3. The van der Waals surface area contributed by atoms with Crippen LogP contribution in [0.15, 0.2) is 24.3 Å². The Morgan fingerprint density at radius 1 is 1.11 bits per heavy atom. The van der Waals surface area contributed by atoms with Crippen LogP contribution in [0.2, 0.25) is 0 Å². The second kappa shape index (κ2) is 9.12. The first-order valence-electron chi connectivity index (χ1n) is 7.73. The van der Waals surface area contributed by atoms with Gasteiger partial charge in [-0.15, -0.1) is 0 Å². The highest BCUT2D eigenvalue weighted by Gasteiger charge is 2.13. The predicted molar refractivity (Wildman–Crippen MR) is 82.2 cm³/mol. The molecule has 0 nitrogen and oxygen atoms in total. The fourth-order valence-corrected chi connectivity index (χ4v) is 2.37. The lowest BCUT2D eigenvalue weighted by molar-refractivity contribution is 0.329. The van der Waals surface area contributed by atoms with Crippen molar-refractivity contribution in [2.24, 2.45) is 0 Å². The van der Waals surface area contributed by atoms with Gasteiger partial charge in [-0.1, -0.05) is 64.3 Å². The molecule has 1 aromatic rings. The summed E-state index contributed by atoms with van der Waals surface area (Å²) in [7, 11) is 0. The summed E-state index contributed by atoms with van der Waals surface area (Å²) in [6, 6.07) is 8.69. The molecule has 1 rings (SSSR count). The molecule has 0 bridgehead atoms. The van der Waals surface area contributed by atoms with Gasteiger partial charge in [-0.25, -0.2) is 4.39 Å². The Hall–Kier alpha value is -0.850. The number of alkyl halides is 1. The first-order valence-corrected chi connectivity index (χ1v) is 7.73. The van der Waals surface area contributed by atoms with Gasteiger partial charge in [0.1, 0.15) is 6.17 Å². The molecule has 0 aliphatic carbocycles. The minimum Gasteiger partial charge on any atom is -0.247 e. The van der Waals surface area contributed by atoms with Crippen molar-refractivity contribution in [2.45, 2.75) is 71.4 Å². The van der Waals surface area contributed by atoms with Crippen LogP contribution in [0.25, 0.3) is 0 Å². The monoisotopic (exact) mass is 263 g/mol. The highest BCUT2D eigenvalue weighted by Crippen LogP contribution is 2.24. The van der Waals surface area contributed by atoms with Crippen molar-refractivity contribution in [1.29, 1.82) is 0 Å². The molecule has 0 saturated heterocycles. The van der Waals surface area contributed by atoms with Gasteiger partial charge >= 0.3 is 0 Å². The maximum atomic E-state index is 13.8. The molecular formula is C18H28F. The highest BCUT2D eigenvalue weighted by molar-refractivity contribution is 5.25. The Bertz CT molecular complexity index is 328. The molecule has 0 heterocycles. The van der Waals surface area contributed by atoms with Crippen LogP contribution in [0.5, 0.6) is 0 Å². The lowest BCUT2D eigenvalue weighted by Crippen LogP contribution is -2.07.